The van der Waals surface area contributed by atoms with Crippen LogP contribution in [0.15, 0.2) is 61.1 Å². The molecule has 0 spiro atoms. The number of nitrogens with zero attached hydrogens (tertiary/aromatic N) is 2. The summed E-state index contributed by atoms with van der Waals surface area (Å²) < 4.78 is 11.5. The van der Waals surface area contributed by atoms with Gasteiger partial charge in [-0.2, -0.15) is 0 Å². The van der Waals surface area contributed by atoms with E-state index in [-0.39, 0.29) is 18.1 Å². The zero-order valence-electron chi connectivity index (χ0n) is 14.7. The predicted octanol–water partition coefficient (Wildman–Crippen LogP) is 2.44. The van der Waals surface area contributed by atoms with Gasteiger partial charge in [-0.25, -0.2) is 9.97 Å². The average Bonchev–Trinajstić information content (AvgIpc) is 3.25. The Bertz CT molecular complexity index is 883. The number of aromatic nitrogens is 3. The van der Waals surface area contributed by atoms with Crippen LogP contribution >= 0.6 is 0 Å². The predicted molar refractivity (Wildman–Crippen MR) is 99.4 cm³/mol. The van der Waals surface area contributed by atoms with Crippen molar-refractivity contribution >= 4 is 5.91 Å². The summed E-state index contributed by atoms with van der Waals surface area (Å²) in [4.78, 5) is 24.5. The van der Waals surface area contributed by atoms with E-state index in [1.807, 2.05) is 30.3 Å². The van der Waals surface area contributed by atoms with Gasteiger partial charge in [0.05, 0.1) is 18.2 Å². The molecule has 2 aromatic heterocycles. The van der Waals surface area contributed by atoms with Crippen molar-refractivity contribution in [2.24, 2.45) is 0 Å². The number of hydrogen-bond acceptors (Lipinski definition) is 5. The van der Waals surface area contributed by atoms with Gasteiger partial charge < -0.3 is 19.8 Å². The van der Waals surface area contributed by atoms with Crippen LogP contribution < -0.4 is 10.1 Å². The summed E-state index contributed by atoms with van der Waals surface area (Å²) in [6.45, 7) is 0.980. The lowest BCUT2D eigenvalue weighted by Gasteiger charge is -2.32. The molecule has 1 amide bonds. The molecule has 3 aromatic rings. The molecule has 138 valence electrons. The fraction of sp³-hybridized carbons (Fsp3) is 0.250. The highest BCUT2D eigenvalue weighted by atomic mass is 16.5. The number of amides is 1. The number of benzene rings is 1. The summed E-state index contributed by atoms with van der Waals surface area (Å²) in [7, 11) is 0. The summed E-state index contributed by atoms with van der Waals surface area (Å²) in [6.07, 6.45) is 5.45. The van der Waals surface area contributed by atoms with Gasteiger partial charge in [0.1, 0.15) is 11.9 Å². The number of ether oxygens (including phenoxy) is 2. The minimum absolute atomic E-state index is 0.163. The molecule has 0 radical (unpaired) electrons. The molecule has 1 fully saturated rings. The topological polar surface area (TPSA) is 89.1 Å². The first-order valence-corrected chi connectivity index (χ1v) is 8.86. The van der Waals surface area contributed by atoms with Crippen LogP contribution in [0.1, 0.15) is 16.8 Å². The molecule has 1 aromatic carbocycles. The number of pyridine rings is 1. The summed E-state index contributed by atoms with van der Waals surface area (Å²) in [5, 5.41) is 3.09. The molecule has 1 aliphatic heterocycles. The van der Waals surface area contributed by atoms with Gasteiger partial charge in [0.2, 0.25) is 5.88 Å². The first kappa shape index (κ1) is 17.2. The Morgan fingerprint density at radius 3 is 2.85 bits per heavy atom. The fourth-order valence-corrected chi connectivity index (χ4v) is 3.11. The van der Waals surface area contributed by atoms with Gasteiger partial charge in [-0.3, -0.25) is 4.79 Å². The Kier molecular flexibility index (Phi) is 5.11. The molecule has 0 bridgehead atoms. The van der Waals surface area contributed by atoms with Gasteiger partial charge >= 0.3 is 0 Å². The molecule has 1 saturated heterocycles. The molecule has 3 heterocycles. The number of nitrogens with one attached hydrogen (secondary N) is 2. The van der Waals surface area contributed by atoms with Crippen LogP contribution in [0.4, 0.5) is 0 Å². The van der Waals surface area contributed by atoms with E-state index in [4.69, 9.17) is 9.47 Å². The first-order chi connectivity index (χ1) is 13.3. The van der Waals surface area contributed by atoms with E-state index in [2.05, 4.69) is 20.3 Å². The third-order valence-corrected chi connectivity index (χ3v) is 4.46. The van der Waals surface area contributed by atoms with Crippen LogP contribution in [-0.4, -0.2) is 46.2 Å². The van der Waals surface area contributed by atoms with Crippen molar-refractivity contribution in [1.29, 1.82) is 0 Å². The molecule has 0 saturated carbocycles. The third kappa shape index (κ3) is 3.98. The van der Waals surface area contributed by atoms with Crippen molar-refractivity contribution in [2.75, 3.05) is 13.2 Å². The molecule has 2 atom stereocenters. The maximum absolute atomic E-state index is 13.0. The normalized spacial score (nSPS) is 19.4. The van der Waals surface area contributed by atoms with Crippen LogP contribution in [0.25, 0.3) is 11.4 Å². The van der Waals surface area contributed by atoms with Crippen LogP contribution in [0, 0.1) is 0 Å². The number of hydrogen-bond donors (Lipinski definition) is 2. The van der Waals surface area contributed by atoms with Gasteiger partial charge in [-0.1, -0.05) is 24.3 Å². The Morgan fingerprint density at radius 1 is 1.15 bits per heavy atom. The van der Waals surface area contributed by atoms with E-state index < -0.39 is 0 Å². The van der Waals surface area contributed by atoms with Crippen molar-refractivity contribution < 1.29 is 14.3 Å². The van der Waals surface area contributed by atoms with Crippen molar-refractivity contribution in [3.8, 4) is 17.3 Å². The summed E-state index contributed by atoms with van der Waals surface area (Å²) in [5.41, 5.74) is 1.32. The zero-order chi connectivity index (χ0) is 18.5. The molecule has 27 heavy (non-hydrogen) atoms. The number of aromatic amines is 1. The average molecular weight is 364 g/mol. The van der Waals surface area contributed by atoms with Gasteiger partial charge in [-0.05, 0) is 18.6 Å². The molecule has 2 unspecified atom stereocenters. The quantitative estimate of drug-likeness (QED) is 0.726. The van der Waals surface area contributed by atoms with Crippen LogP contribution in [0.5, 0.6) is 5.88 Å². The minimum atomic E-state index is -0.298. The largest absolute Gasteiger partial charge is 0.470 e. The number of carbonyl (C=O) groups is 1. The third-order valence-electron chi connectivity index (χ3n) is 4.46. The van der Waals surface area contributed by atoms with E-state index in [9.17, 15) is 4.79 Å². The van der Waals surface area contributed by atoms with Crippen molar-refractivity contribution in [2.45, 2.75) is 18.6 Å². The Hall–Kier alpha value is -3.19. The minimum Gasteiger partial charge on any atom is -0.470 e. The number of H-pyrrole nitrogens is 1. The highest BCUT2D eigenvalue weighted by molar-refractivity contribution is 6.00. The SMILES string of the molecule is O=C(NC1CCOCC1Oc1ccccn1)c1ccccc1-c1ncc[nH]1. The monoisotopic (exact) mass is 364 g/mol. The summed E-state index contributed by atoms with van der Waals surface area (Å²) in [5.74, 6) is 1.01. The number of carbonyl (C=O) groups excluding carboxylic acids is 1. The highest BCUT2D eigenvalue weighted by Crippen LogP contribution is 2.21. The molecule has 7 nitrogen and oxygen atoms in total. The lowest BCUT2D eigenvalue weighted by Crippen LogP contribution is -2.51. The smallest absolute Gasteiger partial charge is 0.252 e. The second kappa shape index (κ2) is 8.01. The van der Waals surface area contributed by atoms with E-state index in [1.165, 1.54) is 0 Å². The molecule has 4 rings (SSSR count). The Labute approximate surface area is 156 Å². The van der Waals surface area contributed by atoms with Gasteiger partial charge in [0, 0.05) is 36.8 Å². The molecular weight excluding hydrogens is 344 g/mol. The standard InChI is InChI=1S/C20H20N4O3/c25-20(15-6-2-1-5-14(15)19-22-10-11-23-19)24-16-8-12-26-13-17(16)27-18-7-3-4-9-21-18/h1-7,9-11,16-17H,8,12-13H2,(H,22,23)(H,24,25). The maximum atomic E-state index is 13.0. The van der Waals surface area contributed by atoms with E-state index in [0.29, 0.717) is 36.9 Å². The molecule has 0 aliphatic carbocycles. The summed E-state index contributed by atoms with van der Waals surface area (Å²) in [6, 6.07) is 12.7. The van der Waals surface area contributed by atoms with Crippen LogP contribution in [-0.2, 0) is 4.74 Å². The second-order valence-corrected chi connectivity index (χ2v) is 6.25. The lowest BCUT2D eigenvalue weighted by molar-refractivity contribution is -0.0152. The van der Waals surface area contributed by atoms with Crippen LogP contribution in [0.3, 0.4) is 0 Å². The van der Waals surface area contributed by atoms with Crippen molar-refractivity contribution in [1.82, 2.24) is 20.3 Å². The maximum Gasteiger partial charge on any atom is 0.252 e. The number of imidazole rings is 1. The number of rotatable bonds is 5. The molecule has 7 heteroatoms. The second-order valence-electron chi connectivity index (χ2n) is 6.25. The first-order valence-electron chi connectivity index (χ1n) is 8.86. The van der Waals surface area contributed by atoms with Crippen LogP contribution in [0.2, 0.25) is 0 Å². The van der Waals surface area contributed by atoms with Gasteiger partial charge in [0.25, 0.3) is 5.91 Å². The molecule has 2 N–H and O–H groups in total. The molecule has 1 aliphatic rings. The zero-order valence-corrected chi connectivity index (χ0v) is 14.7. The van der Waals surface area contributed by atoms with Gasteiger partial charge in [-0.15, -0.1) is 0 Å². The highest BCUT2D eigenvalue weighted by Gasteiger charge is 2.30. The lowest BCUT2D eigenvalue weighted by atomic mass is 10.0. The van der Waals surface area contributed by atoms with E-state index in [0.717, 1.165) is 5.56 Å². The molecular formula is C20H20N4O3. The van der Waals surface area contributed by atoms with E-state index >= 15 is 0 Å². The Morgan fingerprint density at radius 2 is 2.04 bits per heavy atom. The van der Waals surface area contributed by atoms with Gasteiger partial charge in [0.15, 0.2) is 0 Å². The van der Waals surface area contributed by atoms with Crippen molar-refractivity contribution in [3.05, 3.63) is 66.6 Å². The Balaban J connectivity index is 1.51. The van der Waals surface area contributed by atoms with Crippen molar-refractivity contribution in [3.63, 3.8) is 0 Å². The fourth-order valence-electron chi connectivity index (χ4n) is 3.11. The summed E-state index contributed by atoms with van der Waals surface area (Å²) >= 11 is 0. The van der Waals surface area contributed by atoms with E-state index in [1.54, 1.807) is 30.7 Å².